The van der Waals surface area contributed by atoms with Gasteiger partial charge in [0.1, 0.15) is 0 Å². The van der Waals surface area contributed by atoms with E-state index in [1.807, 2.05) is 0 Å². The lowest BCUT2D eigenvalue weighted by Gasteiger charge is -2.47. The Morgan fingerprint density at radius 3 is 2.12 bits per heavy atom. The molecule has 1 aromatic heterocycles. The molecule has 0 radical (unpaired) electrons. The van der Waals surface area contributed by atoms with Crippen LogP contribution in [0.3, 0.4) is 0 Å². The third kappa shape index (κ3) is 1.79. The molecule has 0 aliphatic heterocycles. The van der Waals surface area contributed by atoms with Crippen LogP contribution in [0.25, 0.3) is 0 Å². The number of pyridine rings is 1. The Kier molecular flexibility index (Phi) is 2.85. The molecule has 0 spiro atoms. The van der Waals surface area contributed by atoms with Crippen LogP contribution >= 0.6 is 23.2 Å². The van der Waals surface area contributed by atoms with Crippen LogP contribution in [0.15, 0.2) is 12.4 Å². The minimum atomic E-state index is -2.67. The summed E-state index contributed by atoms with van der Waals surface area (Å²) >= 11 is 11.9. The molecule has 1 heterocycles. The van der Waals surface area contributed by atoms with Gasteiger partial charge in [0.2, 0.25) is 5.92 Å². The molecule has 0 aromatic carbocycles. The molecule has 88 valence electrons. The first kappa shape index (κ1) is 12.0. The molecular formula is C10H10Cl2F2N2. The van der Waals surface area contributed by atoms with Crippen molar-refractivity contribution in [2.75, 3.05) is 6.54 Å². The van der Waals surface area contributed by atoms with E-state index in [1.54, 1.807) is 0 Å². The fraction of sp³-hybridized carbons (Fsp3) is 0.500. The summed E-state index contributed by atoms with van der Waals surface area (Å²) in [6, 6.07) is 0. The summed E-state index contributed by atoms with van der Waals surface area (Å²) in [4.78, 5) is 3.79. The molecule has 0 bridgehead atoms. The van der Waals surface area contributed by atoms with Crippen molar-refractivity contribution in [1.29, 1.82) is 0 Å². The van der Waals surface area contributed by atoms with Crippen molar-refractivity contribution in [2.24, 2.45) is 5.73 Å². The van der Waals surface area contributed by atoms with Crippen LogP contribution in [0.2, 0.25) is 10.0 Å². The molecule has 0 unspecified atom stereocenters. The summed E-state index contributed by atoms with van der Waals surface area (Å²) in [5.74, 6) is -2.67. The SMILES string of the molecule is NCC1(c2c(Cl)cncc2Cl)CC(F)(F)C1. The second-order valence-electron chi connectivity index (χ2n) is 4.17. The normalized spacial score (nSPS) is 21.6. The number of halogens is 4. The number of hydrogen-bond donors (Lipinski definition) is 1. The molecule has 0 saturated heterocycles. The highest BCUT2D eigenvalue weighted by atomic mass is 35.5. The zero-order chi connectivity index (χ0) is 12.0. The first-order valence-electron chi connectivity index (χ1n) is 4.78. The van der Waals surface area contributed by atoms with E-state index in [0.29, 0.717) is 15.6 Å². The maximum atomic E-state index is 13.0. The van der Waals surface area contributed by atoms with Crippen molar-refractivity contribution >= 4 is 23.2 Å². The lowest BCUT2D eigenvalue weighted by atomic mass is 9.62. The Bertz CT molecular complexity index is 395. The zero-order valence-electron chi connectivity index (χ0n) is 8.31. The zero-order valence-corrected chi connectivity index (χ0v) is 9.82. The summed E-state index contributed by atoms with van der Waals surface area (Å²) in [5, 5.41) is 0.599. The lowest BCUT2D eigenvalue weighted by molar-refractivity contribution is -0.123. The van der Waals surface area contributed by atoms with Crippen molar-refractivity contribution in [3.8, 4) is 0 Å². The predicted molar refractivity (Wildman–Crippen MR) is 59.2 cm³/mol. The maximum Gasteiger partial charge on any atom is 0.250 e. The molecular weight excluding hydrogens is 257 g/mol. The Labute approximate surface area is 102 Å². The summed E-state index contributed by atoms with van der Waals surface area (Å²) in [7, 11) is 0. The number of nitrogens with two attached hydrogens (primary N) is 1. The van der Waals surface area contributed by atoms with E-state index in [1.165, 1.54) is 12.4 Å². The molecule has 1 saturated carbocycles. The highest BCUT2D eigenvalue weighted by Gasteiger charge is 2.57. The summed E-state index contributed by atoms with van der Waals surface area (Å²) in [6.07, 6.45) is 2.19. The van der Waals surface area contributed by atoms with E-state index in [4.69, 9.17) is 28.9 Å². The van der Waals surface area contributed by atoms with Gasteiger partial charge in [0, 0.05) is 42.8 Å². The average molecular weight is 267 g/mol. The summed E-state index contributed by atoms with van der Waals surface area (Å²) in [6.45, 7) is 0.103. The standard InChI is InChI=1S/C10H10Cl2F2N2/c11-6-1-16-2-7(12)8(6)9(5-15)3-10(13,14)4-9/h1-2H,3-5,15H2. The van der Waals surface area contributed by atoms with Crippen LogP contribution in [0.4, 0.5) is 8.78 Å². The van der Waals surface area contributed by atoms with E-state index in [-0.39, 0.29) is 19.4 Å². The van der Waals surface area contributed by atoms with Gasteiger partial charge in [-0.3, -0.25) is 4.98 Å². The van der Waals surface area contributed by atoms with Gasteiger partial charge in [0.25, 0.3) is 0 Å². The second kappa shape index (κ2) is 3.79. The first-order valence-corrected chi connectivity index (χ1v) is 5.53. The molecule has 2 rings (SSSR count). The van der Waals surface area contributed by atoms with Crippen LogP contribution in [0, 0.1) is 0 Å². The Morgan fingerprint density at radius 2 is 1.75 bits per heavy atom. The molecule has 6 heteroatoms. The molecule has 1 aliphatic rings. The Morgan fingerprint density at radius 1 is 1.25 bits per heavy atom. The van der Waals surface area contributed by atoms with Crippen molar-refractivity contribution in [1.82, 2.24) is 4.98 Å². The van der Waals surface area contributed by atoms with Gasteiger partial charge in [0.15, 0.2) is 0 Å². The van der Waals surface area contributed by atoms with Crippen LogP contribution in [0.5, 0.6) is 0 Å². The smallest absolute Gasteiger partial charge is 0.250 e. The molecule has 16 heavy (non-hydrogen) atoms. The van der Waals surface area contributed by atoms with E-state index in [2.05, 4.69) is 4.98 Å². The van der Waals surface area contributed by atoms with Crippen molar-refractivity contribution in [3.05, 3.63) is 28.0 Å². The van der Waals surface area contributed by atoms with E-state index in [9.17, 15) is 8.78 Å². The number of nitrogens with zero attached hydrogens (tertiary/aromatic N) is 1. The minimum Gasteiger partial charge on any atom is -0.330 e. The highest BCUT2D eigenvalue weighted by molar-refractivity contribution is 6.36. The second-order valence-corrected chi connectivity index (χ2v) is 4.99. The molecule has 1 aromatic rings. The molecule has 1 aliphatic carbocycles. The van der Waals surface area contributed by atoms with Crippen molar-refractivity contribution < 1.29 is 8.78 Å². The molecule has 2 nitrogen and oxygen atoms in total. The topological polar surface area (TPSA) is 38.9 Å². The van der Waals surface area contributed by atoms with Gasteiger partial charge in [-0.2, -0.15) is 0 Å². The Hall–Kier alpha value is -0.450. The number of rotatable bonds is 2. The van der Waals surface area contributed by atoms with E-state index in [0.717, 1.165) is 0 Å². The summed E-state index contributed by atoms with van der Waals surface area (Å²) < 4.78 is 26.0. The predicted octanol–water partition coefficient (Wildman–Crippen LogP) is 3.01. The number of hydrogen-bond acceptors (Lipinski definition) is 2. The van der Waals surface area contributed by atoms with Gasteiger partial charge in [-0.15, -0.1) is 0 Å². The fourth-order valence-electron chi connectivity index (χ4n) is 2.28. The van der Waals surface area contributed by atoms with Crippen LogP contribution in [0.1, 0.15) is 18.4 Å². The first-order chi connectivity index (χ1) is 7.40. The highest BCUT2D eigenvalue weighted by Crippen LogP contribution is 2.55. The lowest BCUT2D eigenvalue weighted by Crippen LogP contribution is -2.54. The molecule has 0 amide bonds. The molecule has 2 N–H and O–H groups in total. The van der Waals surface area contributed by atoms with Gasteiger partial charge < -0.3 is 5.73 Å². The van der Waals surface area contributed by atoms with Gasteiger partial charge in [-0.05, 0) is 0 Å². The van der Waals surface area contributed by atoms with Gasteiger partial charge in [0.05, 0.1) is 10.0 Å². The van der Waals surface area contributed by atoms with Gasteiger partial charge >= 0.3 is 0 Å². The van der Waals surface area contributed by atoms with E-state index < -0.39 is 11.3 Å². The third-order valence-corrected chi connectivity index (χ3v) is 3.54. The molecule has 0 atom stereocenters. The van der Waals surface area contributed by atoms with E-state index >= 15 is 0 Å². The third-order valence-electron chi connectivity index (χ3n) is 2.97. The van der Waals surface area contributed by atoms with Gasteiger partial charge in [-0.1, -0.05) is 23.2 Å². The van der Waals surface area contributed by atoms with Crippen LogP contribution in [-0.2, 0) is 5.41 Å². The number of alkyl halides is 2. The average Bonchev–Trinajstić information content (AvgIpc) is 2.13. The van der Waals surface area contributed by atoms with Crippen molar-refractivity contribution in [2.45, 2.75) is 24.2 Å². The van der Waals surface area contributed by atoms with Crippen molar-refractivity contribution in [3.63, 3.8) is 0 Å². The fourth-order valence-corrected chi connectivity index (χ4v) is 3.05. The molecule has 1 fully saturated rings. The van der Waals surface area contributed by atoms with Gasteiger partial charge in [-0.25, -0.2) is 8.78 Å². The maximum absolute atomic E-state index is 13.0. The van der Waals surface area contributed by atoms with Crippen LogP contribution in [-0.4, -0.2) is 17.5 Å². The van der Waals surface area contributed by atoms with Crippen LogP contribution < -0.4 is 5.73 Å². The number of aromatic nitrogens is 1. The summed E-state index contributed by atoms with van der Waals surface area (Å²) in [5.41, 5.74) is 5.28. The quantitative estimate of drug-likeness (QED) is 0.894. The monoisotopic (exact) mass is 266 g/mol. The largest absolute Gasteiger partial charge is 0.330 e. The Balaban J connectivity index is 2.43. The minimum absolute atomic E-state index is 0.103.